The fourth-order valence-electron chi connectivity index (χ4n) is 17.5. The summed E-state index contributed by atoms with van der Waals surface area (Å²) in [5.74, 6) is -5.20. The van der Waals surface area contributed by atoms with Gasteiger partial charge in [0.15, 0.2) is 0 Å². The maximum absolute atomic E-state index is 16.0. The van der Waals surface area contributed by atoms with Crippen LogP contribution in [0.25, 0.3) is 33.5 Å². The fourth-order valence-corrected chi connectivity index (χ4v) is 17.5. The number of H-pyrrole nitrogens is 1. The molecule has 0 bridgehead atoms. The number of likely N-dealkylation sites (tertiary alicyclic amines) is 2. The van der Waals surface area contributed by atoms with Crippen LogP contribution in [0, 0.1) is 24.0 Å². The number of halogens is 2. The number of carboxylic acid groups (broad SMARTS) is 1. The summed E-state index contributed by atoms with van der Waals surface area (Å²) < 4.78 is 113. The molecular weight excluding hydrogens is 1860 g/mol. The zero-order valence-corrected chi connectivity index (χ0v) is 85.6. The van der Waals surface area contributed by atoms with E-state index in [2.05, 4.69) is 77.2 Å². The van der Waals surface area contributed by atoms with Crippen LogP contribution in [-0.2, 0) is 120 Å². The Bertz CT molecular complexity index is 4840. The zero-order chi connectivity index (χ0) is 103. The number of carboxylic acids is 1. The van der Waals surface area contributed by atoms with E-state index in [1.54, 1.807) is 44.5 Å². The van der Waals surface area contributed by atoms with E-state index >= 15 is 8.78 Å². The molecule has 0 radical (unpaired) electrons. The summed E-state index contributed by atoms with van der Waals surface area (Å²) in [6, 6.07) is 19.6. The van der Waals surface area contributed by atoms with Gasteiger partial charge in [-0.15, -0.1) is 0 Å². The number of piperidine rings is 2. The number of ketones is 1. The van der Waals surface area contributed by atoms with E-state index in [9.17, 15) is 48.3 Å². The van der Waals surface area contributed by atoms with Crippen LogP contribution in [0.1, 0.15) is 227 Å². The van der Waals surface area contributed by atoms with Crippen molar-refractivity contribution in [3.8, 4) is 22.5 Å². The second-order valence-electron chi connectivity index (χ2n) is 37.5. The van der Waals surface area contributed by atoms with E-state index in [1.165, 1.54) is 61.5 Å². The first-order chi connectivity index (χ1) is 70.0. The van der Waals surface area contributed by atoms with Crippen molar-refractivity contribution >= 4 is 64.1 Å². The predicted octanol–water partition coefficient (Wildman–Crippen LogP) is 14.0. The molecule has 9 rings (SSSR count). The molecule has 6 heterocycles. The SMILES string of the molecule is CCCCCCCCCCCC(CCCCCCCCCCC(C)=O)(C(=O)O)C(=O)NCCOCCOCCOCCOCCOCCOCCOCCOCCOCCOCCOCCOCCC(=O)NCC(=O)OC(C)(C)c1ccc(C(=O)Nc2cc(F)cc(-c3ncnc4[nH]c(-c5ccc(CN6CCC(OC7CCN(CCn8cccc(CN9CCC(=O)NC9=O)c8=O)CC7)CC6)cc5)cc34)c2C)c(F)c1. The van der Waals surface area contributed by atoms with Crippen LogP contribution in [0.4, 0.5) is 19.3 Å². The Labute approximate surface area is 847 Å². The number of fused-ring (bicyclic) bond motifs is 1. The highest BCUT2D eigenvalue weighted by Crippen LogP contribution is 2.38. The van der Waals surface area contributed by atoms with E-state index in [-0.39, 0.29) is 105 Å². The molecule has 3 saturated heterocycles. The Balaban J connectivity index is 0.515. The minimum atomic E-state index is -1.45. The number of aliphatic carboxylic acids is 1. The number of ether oxygens (including phenoxy) is 14. The van der Waals surface area contributed by atoms with Crippen molar-refractivity contribution < 1.29 is 119 Å². The molecule has 3 aliphatic heterocycles. The summed E-state index contributed by atoms with van der Waals surface area (Å²) in [6.07, 6.45) is 26.6. The van der Waals surface area contributed by atoms with Gasteiger partial charge in [0.25, 0.3) is 11.5 Å². The number of pyridine rings is 1. The molecular formula is C107H159F2N11O24. The van der Waals surface area contributed by atoms with Crippen LogP contribution in [-0.4, -0.2) is 310 Å². The number of amides is 6. The van der Waals surface area contributed by atoms with Crippen LogP contribution in [0.5, 0.6) is 0 Å². The van der Waals surface area contributed by atoms with Crippen LogP contribution in [0.2, 0.25) is 0 Å². The van der Waals surface area contributed by atoms with Crippen molar-refractivity contribution in [2.45, 2.75) is 239 Å². The molecule has 3 aromatic carbocycles. The summed E-state index contributed by atoms with van der Waals surface area (Å²) in [7, 11) is 0. The van der Waals surface area contributed by atoms with E-state index in [0.717, 1.165) is 158 Å². The molecule has 35 nitrogen and oxygen atoms in total. The largest absolute Gasteiger partial charge is 0.480 e. The Hall–Kier alpha value is -9.55. The first-order valence-corrected chi connectivity index (χ1v) is 52.1. The monoisotopic (exact) mass is 2020 g/mol. The number of Topliss-reactive ketones (excluding diaryl/α,β-unsaturated/α-hetero) is 1. The third kappa shape index (κ3) is 44.2. The third-order valence-electron chi connectivity index (χ3n) is 25.9. The summed E-state index contributed by atoms with van der Waals surface area (Å²) in [5, 5.41) is 21.5. The molecule has 6 N–H and O–H groups in total. The Morgan fingerprint density at radius 1 is 0.542 bits per heavy atom. The number of nitrogens with zero attached hydrogens (tertiary/aromatic N) is 6. The van der Waals surface area contributed by atoms with Crippen molar-refractivity contribution in [3.63, 3.8) is 0 Å². The molecule has 3 aromatic heterocycles. The Morgan fingerprint density at radius 3 is 1.56 bits per heavy atom. The molecule has 1 atom stereocenters. The van der Waals surface area contributed by atoms with Gasteiger partial charge in [0.1, 0.15) is 47.0 Å². The van der Waals surface area contributed by atoms with Crippen molar-refractivity contribution in [2.75, 3.05) is 216 Å². The molecule has 144 heavy (non-hydrogen) atoms. The number of unbranched alkanes of at least 4 members (excludes halogenated alkanes) is 15. The van der Waals surface area contributed by atoms with Crippen molar-refractivity contribution in [3.05, 3.63) is 135 Å². The minimum absolute atomic E-state index is 0.0317. The topological polar surface area (TPSA) is 407 Å². The first-order valence-electron chi connectivity index (χ1n) is 52.1. The number of hydrogen-bond donors (Lipinski definition) is 6. The van der Waals surface area contributed by atoms with Gasteiger partial charge >= 0.3 is 18.0 Å². The lowest BCUT2D eigenvalue weighted by Crippen LogP contribution is -2.49. The average molecular weight is 2020 g/mol. The number of imide groups is 1. The maximum atomic E-state index is 16.0. The van der Waals surface area contributed by atoms with Crippen molar-refractivity contribution in [1.82, 2.24) is 50.2 Å². The summed E-state index contributed by atoms with van der Waals surface area (Å²) in [5.41, 5.74) is 2.21. The number of urea groups is 1. The second-order valence-corrected chi connectivity index (χ2v) is 37.5. The van der Waals surface area contributed by atoms with Gasteiger partial charge in [-0.2, -0.15) is 0 Å². The number of hydrogen-bond acceptors (Lipinski definition) is 27. The highest BCUT2D eigenvalue weighted by atomic mass is 19.1. The quantitative estimate of drug-likeness (QED) is 0.0117. The molecule has 0 aliphatic carbocycles. The normalized spacial score (nSPS) is 14.6. The molecule has 800 valence electrons. The Morgan fingerprint density at radius 2 is 1.05 bits per heavy atom. The maximum Gasteiger partial charge on any atom is 0.326 e. The fraction of sp³-hybridized carbons (Fsp3) is 0.654. The average Bonchev–Trinajstić information content (AvgIpc) is 1.58. The van der Waals surface area contributed by atoms with Gasteiger partial charge < -0.3 is 112 Å². The van der Waals surface area contributed by atoms with E-state index in [1.807, 2.05) is 12.1 Å². The second kappa shape index (κ2) is 68.1. The number of aromatic nitrogens is 4. The minimum Gasteiger partial charge on any atom is -0.480 e. The number of anilines is 1. The van der Waals surface area contributed by atoms with Crippen LogP contribution in [0.15, 0.2) is 90.1 Å². The molecule has 3 aliphatic rings. The summed E-state index contributed by atoms with van der Waals surface area (Å²) in [4.78, 5) is 133. The molecule has 6 amide bonds. The number of benzene rings is 3. The van der Waals surface area contributed by atoms with Crippen LogP contribution in [0.3, 0.4) is 0 Å². The molecule has 0 saturated carbocycles. The summed E-state index contributed by atoms with van der Waals surface area (Å²) in [6.45, 7) is 23.3. The van der Waals surface area contributed by atoms with E-state index in [4.69, 9.17) is 66.3 Å². The van der Waals surface area contributed by atoms with Crippen LogP contribution >= 0.6 is 0 Å². The molecule has 3 fully saturated rings. The van der Waals surface area contributed by atoms with Gasteiger partial charge in [0, 0.05) is 112 Å². The standard InChI is InChI=1S/C107H159F2N11O24/c1-6-7-8-9-10-12-15-18-21-38-107(104(128)129,39-22-19-16-13-11-14-17-20-24-81(2)121)103(127)110-40-50-132-52-54-134-56-58-136-60-62-138-64-66-140-68-70-142-72-71-141-69-67-139-65-63-137-61-59-135-57-55-133-53-51-131-49-37-96(122)111-77-98(124)144-106(4,5)86-30-31-90(93(109)73-86)101(125)115-94-75-87(108)74-91(82(94)3)99-92-76-95(114-100(92)113-80-112-99)84-28-26-83(27-29-84)78-118-44-34-89(35-45-118)143-88-32-42-117(43-33-88)47-48-119-41-23-25-85(102(119)126)79-120-46-36-97(123)116-105(120)130/h23,25-31,41,73-76,80,88-89H,6-22,24,32-40,42-72,77-79H2,1-5H3,(H,110,127)(H,111,122)(H,115,125)(H,128,129)(H,112,113,114)(H,116,123,130). The number of aromatic amines is 1. The molecule has 0 spiro atoms. The predicted molar refractivity (Wildman–Crippen MR) is 540 cm³/mol. The van der Waals surface area contributed by atoms with E-state index in [0.29, 0.717) is 204 Å². The number of carbonyl (C=O) groups is 8. The lowest BCUT2D eigenvalue weighted by atomic mass is 9.76. The smallest absolute Gasteiger partial charge is 0.326 e. The van der Waals surface area contributed by atoms with Crippen molar-refractivity contribution in [2.24, 2.45) is 5.41 Å². The lowest BCUT2D eigenvalue weighted by Gasteiger charge is -2.37. The Kier molecular flexibility index (Phi) is 55.8. The lowest BCUT2D eigenvalue weighted by molar-refractivity contribution is -0.158. The van der Waals surface area contributed by atoms with Gasteiger partial charge in [0.2, 0.25) is 17.7 Å². The molecule has 6 aromatic rings. The van der Waals surface area contributed by atoms with E-state index < -0.39 is 64.9 Å². The highest BCUT2D eigenvalue weighted by molar-refractivity contribution is 6.06. The van der Waals surface area contributed by atoms with Crippen molar-refractivity contribution in [1.29, 1.82) is 0 Å². The number of esters is 1. The number of nitrogens with one attached hydrogen (secondary N) is 5. The first kappa shape index (κ1) is 118. The third-order valence-corrected chi connectivity index (χ3v) is 25.9. The summed E-state index contributed by atoms with van der Waals surface area (Å²) >= 11 is 0. The van der Waals surface area contributed by atoms with Gasteiger partial charge in [-0.05, 0) is 131 Å². The molecule has 37 heteroatoms. The number of carbonyl (C=O) groups excluding carboxylic acids is 7. The molecule has 1 unspecified atom stereocenters. The zero-order valence-electron chi connectivity index (χ0n) is 85.6. The van der Waals surface area contributed by atoms with Crippen LogP contribution < -0.4 is 26.8 Å². The highest BCUT2D eigenvalue weighted by Gasteiger charge is 2.45. The van der Waals surface area contributed by atoms with Gasteiger partial charge in [-0.1, -0.05) is 146 Å². The van der Waals surface area contributed by atoms with Gasteiger partial charge in [-0.25, -0.2) is 23.5 Å². The van der Waals surface area contributed by atoms with Gasteiger partial charge in [0.05, 0.1) is 189 Å². The number of rotatable bonds is 79. The van der Waals surface area contributed by atoms with Gasteiger partial charge in [-0.3, -0.25) is 43.8 Å².